The number of nitrogen functional groups attached to an aromatic ring is 1. The molecule has 12 heteroatoms. The molecule has 4 heterocycles. The van der Waals surface area contributed by atoms with Gasteiger partial charge in [0.2, 0.25) is 23.1 Å². The second-order valence-corrected chi connectivity index (χ2v) is 10.9. The standard InChI is InChI=1S/C30H24ClN5O6/c1-12-9-16-20(25(37)30(12)26(38)21-17(40-2)11-18(41-3)23(31)24(21)42-30)19(22-27(34-16)35-29(32)36-28(22)39)14-6-7-15-13(10-14)5-4-8-33-15/h4-8,10-12,19H,9H2,1-3H3,(H4,32,34,35,36,39)/t12-,19?,30+/m1/s1. The third-order valence-electron chi connectivity index (χ3n) is 8.31. The molecule has 0 saturated carbocycles. The monoisotopic (exact) mass is 585 g/mol. The number of rotatable bonds is 3. The van der Waals surface area contributed by atoms with Gasteiger partial charge in [-0.05, 0) is 30.2 Å². The summed E-state index contributed by atoms with van der Waals surface area (Å²) in [6, 6.07) is 10.7. The Balaban J connectivity index is 1.46. The number of Topliss-reactive ketones (excluding diaryl/α,β-unsaturated/α-hetero) is 2. The number of halogens is 1. The van der Waals surface area contributed by atoms with E-state index in [1.54, 1.807) is 19.2 Å². The van der Waals surface area contributed by atoms with Crippen LogP contribution >= 0.6 is 11.6 Å². The molecular formula is C30H24ClN5O6. The highest BCUT2D eigenvalue weighted by molar-refractivity contribution is 6.36. The minimum absolute atomic E-state index is 0.0203. The van der Waals surface area contributed by atoms with E-state index >= 15 is 0 Å². The number of hydrogen-bond acceptors (Lipinski definition) is 10. The van der Waals surface area contributed by atoms with Gasteiger partial charge in [0.05, 0.1) is 25.3 Å². The molecular weight excluding hydrogens is 562 g/mol. The number of H-pyrrole nitrogens is 1. The number of benzene rings is 2. The number of nitrogens with zero attached hydrogens (tertiary/aromatic N) is 2. The quantitative estimate of drug-likeness (QED) is 0.300. The first-order valence-electron chi connectivity index (χ1n) is 13.2. The van der Waals surface area contributed by atoms with Crippen LogP contribution in [-0.4, -0.2) is 46.3 Å². The number of aromatic amines is 1. The van der Waals surface area contributed by atoms with Crippen molar-refractivity contribution in [1.82, 2.24) is 15.0 Å². The molecule has 4 N–H and O–H groups in total. The van der Waals surface area contributed by atoms with Crippen molar-refractivity contribution in [2.75, 3.05) is 25.3 Å². The molecule has 0 amide bonds. The van der Waals surface area contributed by atoms with Crippen LogP contribution in [0.15, 0.2) is 58.7 Å². The SMILES string of the molecule is COc1cc(OC)c2c(c1Cl)O[C@@]1(C(=O)C3=C(C[C@H]1C)Nc1nc(N)[nH]c(=O)c1C3c1ccc3ncccc3c1)C2=O. The zero-order chi connectivity index (χ0) is 29.5. The molecule has 1 unspecified atom stereocenters. The topological polar surface area (TPSA) is 159 Å². The zero-order valence-corrected chi connectivity index (χ0v) is 23.5. The van der Waals surface area contributed by atoms with Crippen LogP contribution < -0.4 is 30.8 Å². The fourth-order valence-corrected chi connectivity index (χ4v) is 6.64. The van der Waals surface area contributed by atoms with Gasteiger partial charge >= 0.3 is 0 Å². The van der Waals surface area contributed by atoms with E-state index in [0.29, 0.717) is 11.3 Å². The van der Waals surface area contributed by atoms with Crippen LogP contribution in [0.4, 0.5) is 11.8 Å². The van der Waals surface area contributed by atoms with Crippen molar-refractivity contribution in [3.8, 4) is 17.2 Å². The number of carbonyl (C=O) groups excluding carboxylic acids is 2. The van der Waals surface area contributed by atoms with Gasteiger partial charge in [-0.15, -0.1) is 0 Å². The van der Waals surface area contributed by atoms with Crippen molar-refractivity contribution in [3.05, 3.63) is 85.9 Å². The molecule has 1 spiro atoms. The molecule has 1 aliphatic carbocycles. The molecule has 4 aromatic rings. The second kappa shape index (κ2) is 9.05. The van der Waals surface area contributed by atoms with Crippen LogP contribution in [-0.2, 0) is 4.79 Å². The third-order valence-corrected chi connectivity index (χ3v) is 8.67. The van der Waals surface area contributed by atoms with Crippen molar-refractivity contribution in [2.45, 2.75) is 24.9 Å². The molecule has 0 radical (unpaired) electrons. The number of ether oxygens (including phenoxy) is 3. The lowest BCUT2D eigenvalue weighted by Gasteiger charge is -2.42. The summed E-state index contributed by atoms with van der Waals surface area (Å²) < 4.78 is 17.2. The summed E-state index contributed by atoms with van der Waals surface area (Å²) in [5, 5.41) is 4.04. The maximum absolute atomic E-state index is 14.8. The van der Waals surface area contributed by atoms with Gasteiger partial charge in [-0.2, -0.15) is 4.98 Å². The fourth-order valence-electron chi connectivity index (χ4n) is 6.38. The van der Waals surface area contributed by atoms with Gasteiger partial charge in [-0.3, -0.25) is 24.4 Å². The van der Waals surface area contributed by atoms with Gasteiger partial charge in [0.1, 0.15) is 27.9 Å². The number of ketones is 2. The molecule has 212 valence electrons. The summed E-state index contributed by atoms with van der Waals surface area (Å²) in [5.74, 6) is -2.06. The van der Waals surface area contributed by atoms with E-state index < -0.39 is 34.6 Å². The Morgan fingerprint density at radius 2 is 1.88 bits per heavy atom. The van der Waals surface area contributed by atoms with Crippen molar-refractivity contribution in [2.24, 2.45) is 5.92 Å². The Hall–Kier alpha value is -4.90. The number of carbonyl (C=O) groups is 2. The van der Waals surface area contributed by atoms with Crippen LogP contribution in [0, 0.1) is 5.92 Å². The number of methoxy groups -OCH3 is 2. The molecule has 3 aliphatic rings. The number of nitrogens with one attached hydrogen (secondary N) is 2. The number of hydrogen-bond donors (Lipinski definition) is 3. The molecule has 11 nitrogen and oxygen atoms in total. The number of fused-ring (bicyclic) bond motifs is 3. The highest BCUT2D eigenvalue weighted by atomic mass is 35.5. The average Bonchev–Trinajstić information content (AvgIpc) is 3.29. The summed E-state index contributed by atoms with van der Waals surface area (Å²) in [4.78, 5) is 53.9. The first kappa shape index (κ1) is 26.0. The zero-order valence-electron chi connectivity index (χ0n) is 22.7. The normalized spacial score (nSPS) is 22.4. The van der Waals surface area contributed by atoms with Crippen molar-refractivity contribution in [1.29, 1.82) is 0 Å². The first-order chi connectivity index (χ1) is 20.2. The molecule has 0 fully saturated rings. The smallest absolute Gasteiger partial charge is 0.258 e. The van der Waals surface area contributed by atoms with E-state index in [1.807, 2.05) is 24.3 Å². The summed E-state index contributed by atoms with van der Waals surface area (Å²) in [7, 11) is 2.84. The highest BCUT2D eigenvalue weighted by Crippen LogP contribution is 2.56. The number of allylic oxidation sites excluding steroid dienone is 1. The largest absolute Gasteiger partial charge is 0.496 e. The van der Waals surface area contributed by atoms with Crippen molar-refractivity contribution >= 4 is 45.8 Å². The second-order valence-electron chi connectivity index (χ2n) is 10.5. The maximum atomic E-state index is 14.8. The lowest BCUT2D eigenvalue weighted by Crippen LogP contribution is -2.58. The Labute approximate surface area is 243 Å². The van der Waals surface area contributed by atoms with E-state index in [-0.39, 0.29) is 57.2 Å². The van der Waals surface area contributed by atoms with E-state index in [0.717, 1.165) is 10.9 Å². The summed E-state index contributed by atoms with van der Waals surface area (Å²) >= 11 is 6.60. The number of nitrogens with two attached hydrogens (primary N) is 1. The van der Waals surface area contributed by atoms with E-state index in [2.05, 4.69) is 20.3 Å². The number of anilines is 2. The van der Waals surface area contributed by atoms with Gasteiger partial charge in [0.25, 0.3) is 5.56 Å². The Morgan fingerprint density at radius 1 is 1.10 bits per heavy atom. The van der Waals surface area contributed by atoms with Crippen LogP contribution in [0.1, 0.15) is 40.7 Å². The minimum Gasteiger partial charge on any atom is -0.496 e. The summed E-state index contributed by atoms with van der Waals surface area (Å²) in [6.07, 6.45) is 1.92. The molecule has 2 aromatic heterocycles. The van der Waals surface area contributed by atoms with E-state index in [1.165, 1.54) is 20.3 Å². The summed E-state index contributed by atoms with van der Waals surface area (Å²) in [6.45, 7) is 1.76. The lowest BCUT2D eigenvalue weighted by atomic mass is 9.66. The molecule has 3 atom stereocenters. The lowest BCUT2D eigenvalue weighted by molar-refractivity contribution is -0.130. The number of pyridine rings is 1. The third kappa shape index (κ3) is 3.37. The fraction of sp³-hybridized carbons (Fsp3) is 0.233. The van der Waals surface area contributed by atoms with Gasteiger partial charge < -0.3 is 25.3 Å². The molecule has 0 bridgehead atoms. The van der Waals surface area contributed by atoms with Crippen LogP contribution in [0.3, 0.4) is 0 Å². The van der Waals surface area contributed by atoms with Crippen LogP contribution in [0.25, 0.3) is 10.9 Å². The Bertz CT molecular complexity index is 1970. The molecule has 7 rings (SSSR count). The highest BCUT2D eigenvalue weighted by Gasteiger charge is 2.63. The molecule has 42 heavy (non-hydrogen) atoms. The Kier molecular flexibility index (Phi) is 5.61. The van der Waals surface area contributed by atoms with Gasteiger partial charge in [0.15, 0.2) is 5.75 Å². The van der Waals surface area contributed by atoms with E-state index in [9.17, 15) is 14.4 Å². The molecule has 2 aliphatic heterocycles. The molecule has 0 saturated heterocycles. The van der Waals surface area contributed by atoms with Crippen LogP contribution in [0.2, 0.25) is 5.02 Å². The Morgan fingerprint density at radius 3 is 2.64 bits per heavy atom. The van der Waals surface area contributed by atoms with Gasteiger partial charge in [-0.1, -0.05) is 30.7 Å². The first-order valence-corrected chi connectivity index (χ1v) is 13.5. The summed E-state index contributed by atoms with van der Waals surface area (Å²) in [5.41, 5.74) is 5.84. The van der Waals surface area contributed by atoms with Gasteiger partial charge in [-0.25, -0.2) is 0 Å². The maximum Gasteiger partial charge on any atom is 0.258 e. The van der Waals surface area contributed by atoms with Crippen molar-refractivity contribution < 1.29 is 23.8 Å². The predicted octanol–water partition coefficient (Wildman–Crippen LogP) is 4.01. The van der Waals surface area contributed by atoms with Crippen LogP contribution in [0.5, 0.6) is 17.2 Å². The minimum atomic E-state index is -1.95. The predicted molar refractivity (Wildman–Crippen MR) is 155 cm³/mol. The average molecular weight is 586 g/mol. The van der Waals surface area contributed by atoms with Gasteiger partial charge in [0, 0.05) is 40.8 Å². The number of aromatic nitrogens is 3. The van der Waals surface area contributed by atoms with Crippen molar-refractivity contribution in [3.63, 3.8) is 0 Å². The van der Waals surface area contributed by atoms with E-state index in [4.69, 9.17) is 31.5 Å². The molecule has 2 aromatic carbocycles.